The molecule has 0 saturated heterocycles. The minimum atomic E-state index is -2.13. The Balaban J connectivity index is 0.000000167. The van der Waals surface area contributed by atoms with Crippen LogP contribution < -0.4 is 37.0 Å². The fourth-order valence-corrected chi connectivity index (χ4v) is 23.4. The molecule has 0 aliphatic carbocycles. The molecule has 0 fully saturated rings. The Hall–Kier alpha value is -13.4. The maximum Gasteiger partial charge on any atom is 0.453 e. The van der Waals surface area contributed by atoms with Crippen molar-refractivity contribution in [3.8, 4) is 68.2 Å². The van der Waals surface area contributed by atoms with Crippen molar-refractivity contribution in [1.82, 2.24) is 0 Å². The van der Waals surface area contributed by atoms with Crippen LogP contribution in [0, 0.1) is 111 Å². The second-order valence-corrected chi connectivity index (χ2v) is 37.6. The molecular formula is C108H96O16P4. The van der Waals surface area contributed by atoms with E-state index in [9.17, 15) is 0 Å². The Morgan fingerprint density at radius 2 is 0.352 bits per heavy atom. The van der Waals surface area contributed by atoms with Gasteiger partial charge < -0.3 is 70.6 Å². The van der Waals surface area contributed by atoms with Crippen LogP contribution in [-0.2, 0) is 0 Å². The quantitative estimate of drug-likeness (QED) is 0.100. The average Bonchev–Trinajstić information content (AvgIpc) is 0.761. The lowest BCUT2D eigenvalue weighted by Crippen LogP contribution is -1.97. The number of benzene rings is 16. The van der Waals surface area contributed by atoms with Crippen LogP contribution in [0.15, 0.2) is 252 Å². The summed E-state index contributed by atoms with van der Waals surface area (Å²) in [4.78, 5) is 0. The van der Waals surface area contributed by atoms with Gasteiger partial charge in [0.05, 0.1) is 28.4 Å². The molecule has 0 radical (unpaired) electrons. The molecule has 644 valence electrons. The van der Waals surface area contributed by atoms with Crippen LogP contribution >= 0.6 is 33.0 Å². The minimum absolute atomic E-state index is 0.583. The van der Waals surface area contributed by atoms with Crippen molar-refractivity contribution >= 4 is 164 Å². The number of rotatable bonds is 14. The first kappa shape index (κ1) is 84.1. The molecule has 0 aliphatic heterocycles. The molecule has 20 aromatic rings. The van der Waals surface area contributed by atoms with Gasteiger partial charge in [0.25, 0.3) is 0 Å². The third-order valence-electron chi connectivity index (χ3n) is 24.0. The van der Waals surface area contributed by atoms with E-state index in [2.05, 4.69) is 229 Å². The molecule has 0 saturated carbocycles. The van der Waals surface area contributed by atoms with E-state index in [1.807, 2.05) is 100 Å². The molecule has 0 unspecified atom stereocenters. The van der Waals surface area contributed by atoms with Crippen LogP contribution in [-0.4, -0.2) is 28.4 Å². The standard InChI is InChI=1S/C54H48O10P2.C54H48O6P2/c1-29-19-35-15-11-13-17-41(35)47(53(29)63-65-59-49-31(3)21-37(55-7)25-43(49)44-26-38(56-8)22-32(4)50(44)60-65)48-42-18-14-12-16-36(42)20-30(2)54(48)64-66-61-51-33(5)23-39(57-9)27-45(51)46-28-40(58-10)24-34(6)52(46)62-66;1-29-19-33(5)49-43(23-29)44-24-30(2)20-34(6)50(44)56-61(55-49)59-53-37(9)27-39-15-11-13-17-41(39)47(53)48-42-18-14-12-16-40(42)28-38(10)54(48)60-62-57-51-35(7)21-31(3)25-45(51)46-26-32(4)22-36(8)52(46)58-62/h11-28H,1-10H3;11-28H,1-10H3. The van der Waals surface area contributed by atoms with Gasteiger partial charge >= 0.3 is 33.0 Å². The highest BCUT2D eigenvalue weighted by Gasteiger charge is 2.31. The Bertz CT molecular complexity index is 7470. The monoisotopic (exact) mass is 1770 g/mol. The number of methoxy groups -OCH3 is 4. The molecule has 4 heterocycles. The van der Waals surface area contributed by atoms with Gasteiger partial charge in [0.2, 0.25) is 0 Å². The van der Waals surface area contributed by atoms with E-state index in [0.717, 1.165) is 220 Å². The normalized spacial score (nSPS) is 11.6. The van der Waals surface area contributed by atoms with Crippen LogP contribution in [0.25, 0.3) is 153 Å². The molecule has 0 aliphatic rings. The fraction of sp³-hybridized carbons (Fsp3) is 0.185. The Morgan fingerprint density at radius 3 is 0.539 bits per heavy atom. The summed E-state index contributed by atoms with van der Waals surface area (Å²) in [6.45, 7) is 33.1. The lowest BCUT2D eigenvalue weighted by Gasteiger charge is -2.20. The van der Waals surface area contributed by atoms with E-state index in [1.165, 1.54) is 0 Å². The summed E-state index contributed by atoms with van der Waals surface area (Å²) < 4.78 is 107. The first-order valence-corrected chi connectivity index (χ1v) is 46.8. The van der Waals surface area contributed by atoms with E-state index in [-0.39, 0.29) is 0 Å². The molecule has 16 aromatic carbocycles. The van der Waals surface area contributed by atoms with Crippen molar-refractivity contribution in [3.05, 3.63) is 307 Å². The van der Waals surface area contributed by atoms with Crippen molar-refractivity contribution in [2.75, 3.05) is 28.4 Å². The fourth-order valence-electron chi connectivity index (χ4n) is 18.3. The largest absolute Gasteiger partial charge is 0.497 e. The number of hydrogen-bond donors (Lipinski definition) is 0. The topological polar surface area (TPSA) is 179 Å². The van der Waals surface area contributed by atoms with Crippen LogP contribution in [0.1, 0.15) is 89.0 Å². The van der Waals surface area contributed by atoms with E-state index >= 15 is 0 Å². The molecule has 20 heteroatoms. The molecule has 128 heavy (non-hydrogen) atoms. The summed E-state index contributed by atoms with van der Waals surface area (Å²) >= 11 is 0. The predicted octanol–water partition coefficient (Wildman–Crippen LogP) is 34.1. The molecule has 0 spiro atoms. The van der Waals surface area contributed by atoms with Gasteiger partial charge in [-0.2, -0.15) is 0 Å². The van der Waals surface area contributed by atoms with Gasteiger partial charge in [0, 0.05) is 65.3 Å². The van der Waals surface area contributed by atoms with Crippen LogP contribution in [0.4, 0.5) is 0 Å². The SMILES string of the molecule is COc1cc(C)c2op(Oc3c(C)cc4ccccc4c3-c3c(Op4oc5c(C)cc(OC)cc5c5cc(OC)cc(C)c5o4)c(C)cc4ccccc34)oc3c(C)cc(OC)cc3c2c1.Cc1cc(C)c2op(Oc3c(C)cc4ccccc4c3-c3c(Op4oc5c(C)cc(C)cc5c5cc(C)cc(C)c5o4)c(C)cc4ccccc34)oc3c(C)cc(C)cc3c2c1. The third-order valence-corrected chi connectivity index (χ3v) is 28.0. The number of hydrogen-bond acceptors (Lipinski definition) is 16. The van der Waals surface area contributed by atoms with Gasteiger partial charge in [-0.15, -0.1) is 0 Å². The van der Waals surface area contributed by atoms with Gasteiger partial charge in [0.1, 0.15) is 90.7 Å². The van der Waals surface area contributed by atoms with Crippen molar-refractivity contribution in [2.45, 2.75) is 111 Å². The van der Waals surface area contributed by atoms with E-state index in [1.54, 1.807) is 28.4 Å². The first-order chi connectivity index (χ1) is 61.8. The summed E-state index contributed by atoms with van der Waals surface area (Å²) in [6, 6.07) is 75.1. The smallest absolute Gasteiger partial charge is 0.453 e. The third kappa shape index (κ3) is 15.3. The number of fused-ring (bicyclic) bond motifs is 16. The molecule has 0 N–H and O–H groups in total. The highest BCUT2D eigenvalue weighted by Crippen LogP contribution is 2.57. The molecular weight excluding hydrogens is 1680 g/mol. The van der Waals surface area contributed by atoms with Crippen LogP contribution in [0.5, 0.6) is 46.0 Å². The lowest BCUT2D eigenvalue weighted by molar-refractivity contribution is 0.414. The molecule has 0 bridgehead atoms. The second-order valence-electron chi connectivity index (χ2n) is 33.6. The Morgan fingerprint density at radius 1 is 0.180 bits per heavy atom. The summed E-state index contributed by atoms with van der Waals surface area (Å²) in [6.07, 6.45) is 0. The van der Waals surface area contributed by atoms with E-state index in [0.29, 0.717) is 68.3 Å². The molecule has 20 rings (SSSR count). The molecule has 16 nitrogen and oxygen atoms in total. The Labute approximate surface area is 744 Å². The van der Waals surface area contributed by atoms with E-state index < -0.39 is 33.0 Å². The zero-order chi connectivity index (χ0) is 89.1. The van der Waals surface area contributed by atoms with Gasteiger partial charge in [-0.1, -0.05) is 121 Å². The predicted molar refractivity (Wildman–Crippen MR) is 525 cm³/mol. The van der Waals surface area contributed by atoms with Gasteiger partial charge in [-0.3, -0.25) is 0 Å². The number of aryl methyl sites for hydroxylation is 16. The average molecular weight is 1770 g/mol. The maximum absolute atomic E-state index is 7.25. The van der Waals surface area contributed by atoms with Gasteiger partial charge in [0.15, 0.2) is 0 Å². The van der Waals surface area contributed by atoms with E-state index in [4.69, 9.17) is 70.6 Å². The van der Waals surface area contributed by atoms with Crippen LogP contribution in [0.2, 0.25) is 0 Å². The zero-order valence-corrected chi connectivity index (χ0v) is 78.7. The summed E-state index contributed by atoms with van der Waals surface area (Å²) in [5.41, 5.74) is 24.7. The maximum atomic E-state index is 7.25. The van der Waals surface area contributed by atoms with Gasteiger partial charge in [-0.25, -0.2) is 0 Å². The van der Waals surface area contributed by atoms with Crippen LogP contribution in [0.3, 0.4) is 0 Å². The minimum Gasteiger partial charge on any atom is -0.497 e. The zero-order valence-electron chi connectivity index (χ0n) is 75.1. The highest BCUT2D eigenvalue weighted by molar-refractivity contribution is 7.33. The molecule has 0 atom stereocenters. The van der Waals surface area contributed by atoms with Gasteiger partial charge in [-0.05, 0) is 340 Å². The Kier molecular flexibility index (Phi) is 22.1. The lowest BCUT2D eigenvalue weighted by atomic mass is 9.89. The first-order valence-electron chi connectivity index (χ1n) is 42.4. The summed E-state index contributed by atoms with van der Waals surface area (Å²) in [7, 11) is -1.66. The van der Waals surface area contributed by atoms with Crippen molar-refractivity contribution < 1.29 is 70.6 Å². The van der Waals surface area contributed by atoms with Crippen molar-refractivity contribution in [2.24, 2.45) is 0 Å². The highest BCUT2D eigenvalue weighted by atomic mass is 31.1. The molecule has 0 amide bonds. The van der Waals surface area contributed by atoms with Crippen molar-refractivity contribution in [3.63, 3.8) is 0 Å². The number of ether oxygens (including phenoxy) is 4. The second kappa shape index (κ2) is 33.7. The molecule has 4 aromatic heterocycles. The summed E-state index contributed by atoms with van der Waals surface area (Å²) in [5.74, 6) is 5.25. The van der Waals surface area contributed by atoms with Crippen molar-refractivity contribution in [1.29, 1.82) is 0 Å². The summed E-state index contributed by atoms with van der Waals surface area (Å²) in [5, 5.41) is 15.3.